The Bertz CT molecular complexity index is 933. The summed E-state index contributed by atoms with van der Waals surface area (Å²) in [7, 11) is 0. The molecule has 7 nitrogen and oxygen atoms in total. The van der Waals surface area contributed by atoms with Gasteiger partial charge >= 0.3 is 0 Å². The summed E-state index contributed by atoms with van der Waals surface area (Å²) in [6.45, 7) is 0. The third-order valence-corrected chi connectivity index (χ3v) is 4.62. The molecule has 5 N–H and O–H groups in total. The van der Waals surface area contributed by atoms with Crippen LogP contribution in [0.3, 0.4) is 0 Å². The Hall–Kier alpha value is -2.65. The predicted molar refractivity (Wildman–Crippen MR) is 109 cm³/mol. The van der Waals surface area contributed by atoms with Gasteiger partial charge in [0.1, 0.15) is 12.0 Å². The summed E-state index contributed by atoms with van der Waals surface area (Å²) in [5.74, 6) is 0.401. The quantitative estimate of drug-likeness (QED) is 0.412. The number of rotatable bonds is 5. The minimum Gasteiger partial charge on any atom is -0.393 e. The van der Waals surface area contributed by atoms with Crippen molar-refractivity contribution in [1.82, 2.24) is 15.4 Å². The fourth-order valence-corrected chi connectivity index (χ4v) is 2.82. The molecule has 2 aromatic carbocycles. The number of amides is 1. The number of nitrogens with two attached hydrogens (primary N) is 1. The highest BCUT2D eigenvalue weighted by molar-refractivity contribution is 9.10. The topological polar surface area (TPSA) is 105 Å². The lowest BCUT2D eigenvalue weighted by Gasteiger charge is -2.13. The second-order valence-corrected chi connectivity index (χ2v) is 6.95. The molecule has 0 aliphatic carbocycles. The van der Waals surface area contributed by atoms with Crippen molar-refractivity contribution >= 4 is 60.8 Å². The van der Waals surface area contributed by atoms with Crippen LogP contribution in [-0.2, 0) is 0 Å². The Labute approximate surface area is 166 Å². The number of hydrogen-bond donors (Lipinski definition) is 4. The number of carbonyl (C=O) groups excluding carboxylic acids is 1. The molecule has 1 heterocycles. The molecule has 0 bridgehead atoms. The van der Waals surface area contributed by atoms with Crippen LogP contribution in [-0.4, -0.2) is 15.9 Å². The van der Waals surface area contributed by atoms with E-state index in [9.17, 15) is 4.79 Å². The minimum atomic E-state index is -0.321. The second-order valence-electron chi connectivity index (χ2n) is 5.18. The van der Waals surface area contributed by atoms with Crippen molar-refractivity contribution in [2.45, 2.75) is 0 Å². The molecule has 0 unspecified atom stereocenters. The average molecular weight is 478 g/mol. The molecule has 3 rings (SSSR count). The summed E-state index contributed by atoms with van der Waals surface area (Å²) in [6.07, 6.45) is 1.35. The normalized spacial score (nSPS) is 10.2. The van der Waals surface area contributed by atoms with E-state index >= 15 is 0 Å². The molecular weight excluding hydrogens is 464 g/mol. The molecule has 0 spiro atoms. The zero-order chi connectivity index (χ0) is 18.5. The number of nitrogen functional groups attached to an aromatic ring is 1. The SMILES string of the molecule is Nc1c(NNC(=O)c2ccccc2Br)ncnc1Nc1ccc(Br)cc1. The van der Waals surface area contributed by atoms with E-state index in [0.717, 1.165) is 10.2 Å². The highest BCUT2D eigenvalue weighted by atomic mass is 79.9. The number of aromatic nitrogens is 2. The maximum absolute atomic E-state index is 12.3. The lowest BCUT2D eigenvalue weighted by Crippen LogP contribution is -2.30. The lowest BCUT2D eigenvalue weighted by atomic mass is 10.2. The van der Waals surface area contributed by atoms with Gasteiger partial charge in [0, 0.05) is 14.6 Å². The molecule has 0 aliphatic heterocycles. The number of benzene rings is 2. The predicted octanol–water partition coefficient (Wildman–Crippen LogP) is 4.08. The Morgan fingerprint density at radius 3 is 2.38 bits per heavy atom. The molecule has 0 aliphatic rings. The highest BCUT2D eigenvalue weighted by Crippen LogP contribution is 2.26. The Morgan fingerprint density at radius 1 is 0.962 bits per heavy atom. The third-order valence-electron chi connectivity index (χ3n) is 3.40. The summed E-state index contributed by atoms with van der Waals surface area (Å²) < 4.78 is 1.66. The van der Waals surface area contributed by atoms with E-state index in [1.807, 2.05) is 30.3 Å². The summed E-state index contributed by atoms with van der Waals surface area (Å²) in [5.41, 5.74) is 13.0. The van der Waals surface area contributed by atoms with Crippen LogP contribution in [0.4, 0.5) is 23.0 Å². The number of anilines is 4. The molecule has 132 valence electrons. The molecule has 1 aromatic heterocycles. The van der Waals surface area contributed by atoms with Gasteiger partial charge in [-0.05, 0) is 52.3 Å². The summed E-state index contributed by atoms with van der Waals surface area (Å²) >= 11 is 6.72. The number of nitrogens with one attached hydrogen (secondary N) is 3. The van der Waals surface area contributed by atoms with Gasteiger partial charge in [0.05, 0.1) is 5.56 Å². The van der Waals surface area contributed by atoms with Crippen LogP contribution < -0.4 is 21.9 Å². The van der Waals surface area contributed by atoms with Crippen LogP contribution in [0.25, 0.3) is 0 Å². The molecule has 0 saturated carbocycles. The standard InChI is InChI=1S/C17H14Br2N6O/c18-10-5-7-11(8-6-10)23-15-14(20)16(22-9-21-15)24-25-17(26)12-3-1-2-4-13(12)19/h1-9H,20H2,(H,25,26)(H2,21,22,23,24). The van der Waals surface area contributed by atoms with Gasteiger partial charge in [-0.25, -0.2) is 9.97 Å². The van der Waals surface area contributed by atoms with Gasteiger partial charge in [-0.15, -0.1) is 0 Å². The van der Waals surface area contributed by atoms with Gasteiger partial charge in [0.2, 0.25) is 0 Å². The first kappa shape index (κ1) is 18.2. The monoisotopic (exact) mass is 476 g/mol. The van der Waals surface area contributed by atoms with E-state index in [1.165, 1.54) is 6.33 Å². The summed E-state index contributed by atoms with van der Waals surface area (Å²) in [6, 6.07) is 14.7. The van der Waals surface area contributed by atoms with E-state index in [1.54, 1.807) is 18.2 Å². The highest BCUT2D eigenvalue weighted by Gasteiger charge is 2.12. The van der Waals surface area contributed by atoms with Crippen molar-refractivity contribution in [3.05, 3.63) is 69.4 Å². The first-order valence-electron chi connectivity index (χ1n) is 7.48. The number of nitrogens with zero attached hydrogens (tertiary/aromatic N) is 2. The van der Waals surface area contributed by atoms with Crippen LogP contribution in [0.15, 0.2) is 63.8 Å². The molecule has 9 heteroatoms. The molecule has 1 amide bonds. The Morgan fingerprint density at radius 2 is 1.65 bits per heavy atom. The number of halogens is 2. The van der Waals surface area contributed by atoms with Gasteiger partial charge in [-0.3, -0.25) is 15.6 Å². The maximum Gasteiger partial charge on any atom is 0.270 e. The van der Waals surface area contributed by atoms with E-state index in [4.69, 9.17) is 5.73 Å². The Balaban J connectivity index is 1.72. The molecule has 3 aromatic rings. The van der Waals surface area contributed by atoms with Gasteiger partial charge in [0.25, 0.3) is 5.91 Å². The zero-order valence-corrected chi connectivity index (χ0v) is 16.5. The van der Waals surface area contributed by atoms with E-state index in [-0.39, 0.29) is 11.6 Å². The van der Waals surface area contributed by atoms with Crippen LogP contribution in [0.5, 0.6) is 0 Å². The van der Waals surface area contributed by atoms with Crippen LogP contribution in [0.2, 0.25) is 0 Å². The van der Waals surface area contributed by atoms with Crippen molar-refractivity contribution < 1.29 is 4.79 Å². The van der Waals surface area contributed by atoms with E-state index < -0.39 is 0 Å². The van der Waals surface area contributed by atoms with Crippen LogP contribution >= 0.6 is 31.9 Å². The van der Waals surface area contributed by atoms with Crippen molar-refractivity contribution in [1.29, 1.82) is 0 Å². The Kier molecular flexibility index (Phi) is 5.69. The van der Waals surface area contributed by atoms with Crippen LogP contribution in [0, 0.1) is 0 Å². The smallest absolute Gasteiger partial charge is 0.270 e. The number of hydrogen-bond acceptors (Lipinski definition) is 6. The first-order valence-corrected chi connectivity index (χ1v) is 9.07. The minimum absolute atomic E-state index is 0.280. The van der Waals surface area contributed by atoms with Gasteiger partial charge < -0.3 is 11.1 Å². The largest absolute Gasteiger partial charge is 0.393 e. The molecule has 0 radical (unpaired) electrons. The molecule has 0 saturated heterocycles. The van der Waals surface area contributed by atoms with Crippen molar-refractivity contribution in [3.8, 4) is 0 Å². The van der Waals surface area contributed by atoms with Crippen molar-refractivity contribution in [2.24, 2.45) is 0 Å². The summed E-state index contributed by atoms with van der Waals surface area (Å²) in [4.78, 5) is 20.4. The van der Waals surface area contributed by atoms with Gasteiger partial charge in [-0.1, -0.05) is 28.1 Å². The van der Waals surface area contributed by atoms with Crippen LogP contribution in [0.1, 0.15) is 10.4 Å². The fourth-order valence-electron chi connectivity index (χ4n) is 2.09. The third kappa shape index (κ3) is 4.30. The van der Waals surface area contributed by atoms with Crippen molar-refractivity contribution in [3.63, 3.8) is 0 Å². The lowest BCUT2D eigenvalue weighted by molar-refractivity contribution is 0.0962. The van der Waals surface area contributed by atoms with Gasteiger partial charge in [0.15, 0.2) is 11.6 Å². The van der Waals surface area contributed by atoms with E-state index in [2.05, 4.69) is 58.0 Å². The fraction of sp³-hybridized carbons (Fsp3) is 0. The maximum atomic E-state index is 12.3. The van der Waals surface area contributed by atoms with Crippen molar-refractivity contribution in [2.75, 3.05) is 16.5 Å². The molecular formula is C17H14Br2N6O. The second kappa shape index (κ2) is 8.15. The zero-order valence-electron chi connectivity index (χ0n) is 13.3. The number of carbonyl (C=O) groups is 1. The summed E-state index contributed by atoms with van der Waals surface area (Å²) in [5, 5.41) is 3.11. The van der Waals surface area contributed by atoms with Gasteiger partial charge in [-0.2, -0.15) is 0 Å². The molecule has 26 heavy (non-hydrogen) atoms. The molecule has 0 fully saturated rings. The first-order chi connectivity index (χ1) is 12.5. The average Bonchev–Trinajstić information content (AvgIpc) is 2.64. The van der Waals surface area contributed by atoms with E-state index in [0.29, 0.717) is 21.7 Å². The number of hydrazine groups is 1. The molecule has 0 atom stereocenters.